The lowest BCUT2D eigenvalue weighted by molar-refractivity contribution is 0.581. The van der Waals surface area contributed by atoms with Gasteiger partial charge in [-0.05, 0) is 42.3 Å². The molecule has 1 N–H and O–H groups in total. The van der Waals surface area contributed by atoms with Gasteiger partial charge in [-0.2, -0.15) is 0 Å². The van der Waals surface area contributed by atoms with E-state index in [1.807, 2.05) is 19.1 Å². The molecule has 0 aliphatic rings. The number of rotatable bonds is 4. The minimum atomic E-state index is -3.77. The molecule has 0 saturated heterocycles. The summed E-state index contributed by atoms with van der Waals surface area (Å²) >= 11 is 17.8. The van der Waals surface area contributed by atoms with Gasteiger partial charge in [-0.3, -0.25) is 0 Å². The van der Waals surface area contributed by atoms with E-state index in [0.717, 1.165) is 11.1 Å². The molecule has 112 valence electrons. The lowest BCUT2D eigenvalue weighted by Crippen LogP contribution is -2.24. The molecule has 0 spiro atoms. The second-order valence-corrected chi connectivity index (χ2v) is 7.42. The Morgan fingerprint density at radius 1 is 1.05 bits per heavy atom. The first kappa shape index (κ1) is 16.6. The predicted molar refractivity (Wildman–Crippen MR) is 86.7 cm³/mol. The lowest BCUT2D eigenvalue weighted by atomic mass is 10.1. The van der Waals surface area contributed by atoms with Gasteiger partial charge in [-0.25, -0.2) is 13.1 Å². The van der Waals surface area contributed by atoms with Gasteiger partial charge < -0.3 is 0 Å². The summed E-state index contributed by atoms with van der Waals surface area (Å²) in [6, 6.07) is 9.67. The first-order valence-electron chi connectivity index (χ1n) is 6.00. The zero-order valence-electron chi connectivity index (χ0n) is 11.0. The molecule has 0 atom stereocenters. The summed E-state index contributed by atoms with van der Waals surface area (Å²) in [5.41, 5.74) is 1.63. The van der Waals surface area contributed by atoms with Crippen molar-refractivity contribution in [2.45, 2.75) is 18.4 Å². The van der Waals surface area contributed by atoms with E-state index in [9.17, 15) is 8.42 Å². The van der Waals surface area contributed by atoms with Crippen LogP contribution < -0.4 is 4.72 Å². The lowest BCUT2D eigenvalue weighted by Gasteiger charge is -2.11. The number of aryl methyl sites for hydroxylation is 1. The molecule has 0 aliphatic carbocycles. The molecule has 2 aromatic carbocycles. The highest BCUT2D eigenvalue weighted by Crippen LogP contribution is 2.26. The summed E-state index contributed by atoms with van der Waals surface area (Å²) in [6.07, 6.45) is 0. The molecule has 21 heavy (non-hydrogen) atoms. The summed E-state index contributed by atoms with van der Waals surface area (Å²) in [4.78, 5) is -0.0543. The minimum Gasteiger partial charge on any atom is -0.207 e. The van der Waals surface area contributed by atoms with Crippen LogP contribution in [0.15, 0.2) is 41.3 Å². The van der Waals surface area contributed by atoms with Crippen molar-refractivity contribution < 1.29 is 8.42 Å². The van der Waals surface area contributed by atoms with Crippen LogP contribution >= 0.6 is 34.8 Å². The molecule has 0 aromatic heterocycles. The Hall–Kier alpha value is -0.780. The zero-order valence-corrected chi connectivity index (χ0v) is 14.1. The highest BCUT2D eigenvalue weighted by molar-refractivity contribution is 7.89. The summed E-state index contributed by atoms with van der Waals surface area (Å²) < 4.78 is 27.1. The fourth-order valence-electron chi connectivity index (χ4n) is 1.82. The van der Waals surface area contributed by atoms with Crippen molar-refractivity contribution in [1.29, 1.82) is 0 Å². The van der Waals surface area contributed by atoms with Gasteiger partial charge in [0.05, 0.1) is 5.02 Å². The number of halogens is 3. The number of sulfonamides is 1. The highest BCUT2D eigenvalue weighted by atomic mass is 35.5. The van der Waals surface area contributed by atoms with Gasteiger partial charge in [-0.15, -0.1) is 0 Å². The monoisotopic (exact) mass is 363 g/mol. The van der Waals surface area contributed by atoms with Gasteiger partial charge in [0.2, 0.25) is 10.0 Å². The molecule has 0 aliphatic heterocycles. The van der Waals surface area contributed by atoms with Gasteiger partial charge in [0.1, 0.15) is 4.90 Å². The van der Waals surface area contributed by atoms with Crippen LogP contribution in [0.5, 0.6) is 0 Å². The Morgan fingerprint density at radius 2 is 1.76 bits per heavy atom. The first-order valence-corrected chi connectivity index (χ1v) is 8.61. The second-order valence-electron chi connectivity index (χ2n) is 4.43. The largest absolute Gasteiger partial charge is 0.242 e. The Morgan fingerprint density at radius 3 is 2.43 bits per heavy atom. The number of hydrogen-bond donors (Lipinski definition) is 1. The Kier molecular flexibility index (Phi) is 5.17. The zero-order chi connectivity index (χ0) is 15.6. The maximum atomic E-state index is 12.3. The SMILES string of the molecule is Cc1cccc(Cl)c1CNS(=O)(=O)c1cc(Cl)ccc1Cl. The fraction of sp³-hybridized carbons (Fsp3) is 0.143. The maximum absolute atomic E-state index is 12.3. The smallest absolute Gasteiger partial charge is 0.207 e. The van der Waals surface area contributed by atoms with E-state index in [2.05, 4.69) is 4.72 Å². The van der Waals surface area contributed by atoms with E-state index in [-0.39, 0.29) is 16.5 Å². The molecule has 2 aromatic rings. The van der Waals surface area contributed by atoms with Crippen molar-refractivity contribution in [3.05, 3.63) is 62.6 Å². The average Bonchev–Trinajstić information content (AvgIpc) is 2.41. The Balaban J connectivity index is 2.28. The second kappa shape index (κ2) is 6.55. The molecule has 2 rings (SSSR count). The Bertz CT molecular complexity index is 756. The van der Waals surface area contributed by atoms with Crippen molar-refractivity contribution in [3.63, 3.8) is 0 Å². The molecule has 0 bridgehead atoms. The summed E-state index contributed by atoms with van der Waals surface area (Å²) in [5, 5.41) is 0.923. The number of benzene rings is 2. The van der Waals surface area contributed by atoms with Crippen LogP contribution in [0.25, 0.3) is 0 Å². The summed E-state index contributed by atoms with van der Waals surface area (Å²) in [5.74, 6) is 0. The molecule has 0 fully saturated rings. The van der Waals surface area contributed by atoms with Crippen molar-refractivity contribution >= 4 is 44.8 Å². The van der Waals surface area contributed by atoms with Crippen molar-refractivity contribution in [1.82, 2.24) is 4.72 Å². The van der Waals surface area contributed by atoms with Crippen molar-refractivity contribution in [2.75, 3.05) is 0 Å². The molecule has 0 heterocycles. The van der Waals surface area contributed by atoms with E-state index in [1.165, 1.54) is 18.2 Å². The molecule has 0 amide bonds. The standard InChI is InChI=1S/C14H12Cl3NO2S/c1-9-3-2-4-12(16)11(9)8-18-21(19,20)14-7-10(15)5-6-13(14)17/h2-7,18H,8H2,1H3. The third-order valence-corrected chi connectivity index (χ3v) is 5.45. The van der Waals surface area contributed by atoms with Crippen LogP contribution in [0.2, 0.25) is 15.1 Å². The third kappa shape index (κ3) is 3.90. The first-order chi connectivity index (χ1) is 9.81. The van der Waals surface area contributed by atoms with Crippen molar-refractivity contribution in [3.8, 4) is 0 Å². The molecule has 3 nitrogen and oxygen atoms in total. The molecule has 0 unspecified atom stereocenters. The summed E-state index contributed by atoms with van der Waals surface area (Å²) in [7, 11) is -3.77. The maximum Gasteiger partial charge on any atom is 0.242 e. The van der Waals surface area contributed by atoms with Gasteiger partial charge in [0.25, 0.3) is 0 Å². The van der Waals surface area contributed by atoms with Crippen LogP contribution in [0.3, 0.4) is 0 Å². The molecule has 0 radical (unpaired) electrons. The van der Waals surface area contributed by atoms with Gasteiger partial charge in [0.15, 0.2) is 0 Å². The van der Waals surface area contributed by atoms with Gasteiger partial charge in [0, 0.05) is 16.6 Å². The van der Waals surface area contributed by atoms with Gasteiger partial charge in [-0.1, -0.05) is 46.9 Å². The van der Waals surface area contributed by atoms with Crippen molar-refractivity contribution in [2.24, 2.45) is 0 Å². The number of hydrogen-bond acceptors (Lipinski definition) is 2. The molecule has 0 saturated carbocycles. The van der Waals surface area contributed by atoms with E-state index in [0.29, 0.717) is 10.0 Å². The third-order valence-electron chi connectivity index (χ3n) is 2.97. The van der Waals surface area contributed by atoms with Crippen LogP contribution in [-0.2, 0) is 16.6 Å². The normalized spacial score (nSPS) is 11.6. The van der Waals surface area contributed by atoms with Crippen LogP contribution in [0.1, 0.15) is 11.1 Å². The molecular weight excluding hydrogens is 353 g/mol. The topological polar surface area (TPSA) is 46.2 Å². The minimum absolute atomic E-state index is 0.0543. The predicted octanol–water partition coefficient (Wildman–Crippen LogP) is 4.43. The van der Waals surface area contributed by atoms with E-state index in [1.54, 1.807) is 6.07 Å². The van der Waals surface area contributed by atoms with Crippen LogP contribution in [0, 0.1) is 6.92 Å². The number of nitrogens with one attached hydrogen (secondary N) is 1. The quantitative estimate of drug-likeness (QED) is 0.872. The average molecular weight is 365 g/mol. The van der Waals surface area contributed by atoms with E-state index >= 15 is 0 Å². The van der Waals surface area contributed by atoms with Crippen LogP contribution in [0.4, 0.5) is 0 Å². The highest BCUT2D eigenvalue weighted by Gasteiger charge is 2.19. The Labute approximate surface area is 138 Å². The summed E-state index contributed by atoms with van der Waals surface area (Å²) in [6.45, 7) is 1.94. The van der Waals surface area contributed by atoms with E-state index in [4.69, 9.17) is 34.8 Å². The van der Waals surface area contributed by atoms with E-state index < -0.39 is 10.0 Å². The van der Waals surface area contributed by atoms with Gasteiger partial charge >= 0.3 is 0 Å². The van der Waals surface area contributed by atoms with Crippen LogP contribution in [-0.4, -0.2) is 8.42 Å². The molecule has 7 heteroatoms. The fourth-order valence-corrected chi connectivity index (χ4v) is 3.86. The molecular formula is C14H12Cl3NO2S.